The van der Waals surface area contributed by atoms with E-state index < -0.39 is 0 Å². The van der Waals surface area contributed by atoms with E-state index in [1.165, 1.54) is 43.4 Å². The lowest BCUT2D eigenvalue weighted by molar-refractivity contribution is 0.825. The van der Waals surface area contributed by atoms with E-state index in [4.69, 9.17) is 0 Å². The summed E-state index contributed by atoms with van der Waals surface area (Å²) >= 11 is 0. The molecule has 22 aromatic rings. The van der Waals surface area contributed by atoms with Gasteiger partial charge in [-0.1, -0.05) is 144 Å². The maximum Gasteiger partial charge on any atom is 0.113 e. The number of imidazole rings is 2. The third-order valence-corrected chi connectivity index (χ3v) is 20.0. The highest BCUT2D eigenvalue weighted by molar-refractivity contribution is 6.14. The summed E-state index contributed by atoms with van der Waals surface area (Å²) in [6, 6.07) is 112. The quantitative estimate of drug-likeness (QED) is 0.150. The molecule has 0 unspecified atom stereocenters. The van der Waals surface area contributed by atoms with Crippen LogP contribution < -0.4 is 0 Å². The zero-order chi connectivity index (χ0) is 65.5. The van der Waals surface area contributed by atoms with Crippen LogP contribution in [-0.4, -0.2) is 67.4 Å². The highest BCUT2D eigenvalue weighted by Crippen LogP contribution is 2.41. The monoisotopic (exact) mass is 1280 g/mol. The smallest absolute Gasteiger partial charge is 0.113 e. The van der Waals surface area contributed by atoms with E-state index in [2.05, 4.69) is 325 Å². The van der Waals surface area contributed by atoms with Crippen LogP contribution in [0.5, 0.6) is 0 Å². The van der Waals surface area contributed by atoms with Crippen LogP contribution in [0, 0.1) is 0 Å². The third-order valence-electron chi connectivity index (χ3n) is 20.0. The first-order valence-electron chi connectivity index (χ1n) is 33.4. The molecule has 14 nitrogen and oxygen atoms in total. The van der Waals surface area contributed by atoms with E-state index in [0.717, 1.165) is 134 Å². The number of aromatic nitrogens is 14. The molecule has 0 saturated heterocycles. The molecule has 0 spiro atoms. The summed E-state index contributed by atoms with van der Waals surface area (Å²) in [5.41, 5.74) is 25.7. The van der Waals surface area contributed by atoms with Gasteiger partial charge in [0.1, 0.15) is 23.7 Å². The molecular formula is C86H54N14. The molecule has 0 bridgehead atoms. The van der Waals surface area contributed by atoms with Crippen molar-refractivity contribution in [2.45, 2.75) is 0 Å². The molecule has 468 valence electrons. The SMILES string of the molecule is c1cc(-n2c3ccccc3c3cc(-n4cnc5ccccc54)ccc32)cc(-n2c3ccccc3c3cc(-n4cnc5ccccc54)ccc32)c1.c1cc(-n2c3ccccc3c3cc(-n4nnc5ccccc54)ccc32)cc(-n2c3ccccc3c3cc(-n4nnc5ccccc54)ccc32)c1. The molecule has 0 amide bonds. The summed E-state index contributed by atoms with van der Waals surface area (Å²) in [6.07, 6.45) is 3.83. The molecule has 22 rings (SSSR count). The molecule has 100 heavy (non-hydrogen) atoms. The fraction of sp³-hybridized carbons (Fsp3) is 0. The Bertz CT molecular complexity index is 6240. The minimum Gasteiger partial charge on any atom is -0.309 e. The van der Waals surface area contributed by atoms with Gasteiger partial charge in [0.05, 0.1) is 88.6 Å². The number of nitrogens with zero attached hydrogens (tertiary/aromatic N) is 14. The first-order valence-corrected chi connectivity index (χ1v) is 33.4. The molecule has 14 heteroatoms. The zero-order valence-corrected chi connectivity index (χ0v) is 53.4. The fourth-order valence-electron chi connectivity index (χ4n) is 15.5. The van der Waals surface area contributed by atoms with E-state index in [9.17, 15) is 0 Å². The van der Waals surface area contributed by atoms with Crippen molar-refractivity contribution < 1.29 is 0 Å². The average Bonchev–Trinajstić information content (AvgIpc) is 1.59. The third kappa shape index (κ3) is 8.43. The maximum atomic E-state index is 4.65. The van der Waals surface area contributed by atoms with Crippen molar-refractivity contribution in [3.63, 3.8) is 0 Å². The minimum atomic E-state index is 0.875. The Labute approximate surface area is 569 Å². The van der Waals surface area contributed by atoms with Gasteiger partial charge in [0.2, 0.25) is 0 Å². The van der Waals surface area contributed by atoms with Gasteiger partial charge in [-0.3, -0.25) is 9.13 Å². The van der Waals surface area contributed by atoms with Gasteiger partial charge >= 0.3 is 0 Å². The lowest BCUT2D eigenvalue weighted by atomic mass is 10.1. The number of hydrogen-bond donors (Lipinski definition) is 0. The molecule has 0 fully saturated rings. The van der Waals surface area contributed by atoms with E-state index in [0.29, 0.717) is 0 Å². The second-order valence-electron chi connectivity index (χ2n) is 25.4. The first-order chi connectivity index (χ1) is 49.6. The topological polar surface area (TPSA) is 117 Å². The van der Waals surface area contributed by atoms with Crippen molar-refractivity contribution in [1.29, 1.82) is 0 Å². The van der Waals surface area contributed by atoms with Crippen LogP contribution in [0.3, 0.4) is 0 Å². The standard InChI is InChI=1S/C44H28N6.C42H26N8/c1-5-16-39-33(12-1)35-25-29(47-27-45-37-14-3-7-18-43(37)47)20-22-41(35)49(39)31-10-9-11-32(24-31)50-40-17-6-2-13-34(40)36-26-30(21-23-42(36)50)48-28-46-38-15-4-8-19-44(38)48;1-5-16-37-31(12-1)33-25-29(49-41-18-7-3-14-35(41)43-45-49)20-22-39(33)47(37)27-10-9-11-28(24-27)48-38-17-6-2-13-32(38)34-26-30(21-23-40(34)48)50-42-19-8-4-15-36(42)44-46-50/h1-28H;1-26H. The van der Waals surface area contributed by atoms with E-state index in [1.54, 1.807) is 0 Å². The summed E-state index contributed by atoms with van der Waals surface area (Å²) in [5, 5.41) is 27.3. The van der Waals surface area contributed by atoms with Crippen LogP contribution in [-0.2, 0) is 0 Å². The van der Waals surface area contributed by atoms with Crippen LogP contribution >= 0.6 is 0 Å². The Hall–Kier alpha value is -14.0. The van der Waals surface area contributed by atoms with Crippen LogP contribution in [0.2, 0.25) is 0 Å². The van der Waals surface area contributed by atoms with Gasteiger partial charge in [0, 0.05) is 77.2 Å². The van der Waals surface area contributed by atoms with Gasteiger partial charge in [-0.25, -0.2) is 19.3 Å². The summed E-state index contributed by atoms with van der Waals surface area (Å²) in [6.45, 7) is 0. The van der Waals surface area contributed by atoms with Gasteiger partial charge in [-0.05, 0) is 182 Å². The van der Waals surface area contributed by atoms with Gasteiger partial charge in [0.15, 0.2) is 0 Å². The Balaban J connectivity index is 0.000000131. The van der Waals surface area contributed by atoms with E-state index in [1.807, 2.05) is 70.5 Å². The van der Waals surface area contributed by atoms with Crippen molar-refractivity contribution in [1.82, 2.24) is 67.4 Å². The molecule has 0 N–H and O–H groups in total. The number of fused-ring (bicyclic) bond motifs is 16. The largest absolute Gasteiger partial charge is 0.309 e. The Kier molecular flexibility index (Phi) is 12.0. The van der Waals surface area contributed by atoms with Crippen LogP contribution in [0.25, 0.3) is 177 Å². The molecule has 0 atom stereocenters. The van der Waals surface area contributed by atoms with Gasteiger partial charge in [-0.2, -0.15) is 0 Å². The summed E-state index contributed by atoms with van der Waals surface area (Å²) in [7, 11) is 0. The van der Waals surface area contributed by atoms with Crippen molar-refractivity contribution in [3.05, 3.63) is 328 Å². The van der Waals surface area contributed by atoms with Gasteiger partial charge in [-0.15, -0.1) is 10.2 Å². The minimum absolute atomic E-state index is 0.875. The number of rotatable bonds is 8. The lowest BCUT2D eigenvalue weighted by Gasteiger charge is -2.13. The molecule has 14 aromatic carbocycles. The predicted molar refractivity (Wildman–Crippen MR) is 404 cm³/mol. The molecule has 0 saturated carbocycles. The van der Waals surface area contributed by atoms with Gasteiger partial charge < -0.3 is 18.3 Å². The Morgan fingerprint density at radius 2 is 0.450 bits per heavy atom. The lowest BCUT2D eigenvalue weighted by Crippen LogP contribution is -2.00. The number of hydrogen-bond acceptors (Lipinski definition) is 6. The number of para-hydroxylation sites is 10. The normalized spacial score (nSPS) is 12.0. The van der Waals surface area contributed by atoms with Crippen LogP contribution in [0.1, 0.15) is 0 Å². The second-order valence-corrected chi connectivity index (χ2v) is 25.4. The fourth-order valence-corrected chi connectivity index (χ4v) is 15.5. The molecule has 0 aliphatic heterocycles. The molecular weight excluding hydrogens is 1230 g/mol. The first kappa shape index (κ1) is 55.3. The van der Waals surface area contributed by atoms with Crippen molar-refractivity contribution in [2.24, 2.45) is 0 Å². The van der Waals surface area contributed by atoms with Crippen molar-refractivity contribution >= 4 is 131 Å². The molecule has 0 aliphatic rings. The molecule has 0 radical (unpaired) electrons. The molecule has 0 aliphatic carbocycles. The van der Waals surface area contributed by atoms with Gasteiger partial charge in [0.25, 0.3) is 0 Å². The molecule has 8 heterocycles. The van der Waals surface area contributed by atoms with Crippen molar-refractivity contribution in [2.75, 3.05) is 0 Å². The van der Waals surface area contributed by atoms with E-state index in [-0.39, 0.29) is 0 Å². The highest BCUT2D eigenvalue weighted by atomic mass is 15.4. The maximum absolute atomic E-state index is 4.65. The van der Waals surface area contributed by atoms with Crippen LogP contribution in [0.4, 0.5) is 0 Å². The zero-order valence-electron chi connectivity index (χ0n) is 53.4. The van der Waals surface area contributed by atoms with E-state index >= 15 is 0 Å². The van der Waals surface area contributed by atoms with Crippen LogP contribution in [0.15, 0.2) is 328 Å². The summed E-state index contributed by atoms with van der Waals surface area (Å²) < 4.78 is 17.7. The summed E-state index contributed by atoms with van der Waals surface area (Å²) in [4.78, 5) is 9.30. The average molecular weight is 1280 g/mol. The molecule has 8 aromatic heterocycles. The Morgan fingerprint density at radius 3 is 0.800 bits per heavy atom. The highest BCUT2D eigenvalue weighted by Gasteiger charge is 2.22. The number of benzene rings is 14. The Morgan fingerprint density at radius 1 is 0.180 bits per heavy atom. The van der Waals surface area contributed by atoms with Crippen molar-refractivity contribution in [3.8, 4) is 45.5 Å². The summed E-state index contributed by atoms with van der Waals surface area (Å²) in [5.74, 6) is 0. The predicted octanol–water partition coefficient (Wildman–Crippen LogP) is 19.9. The second kappa shape index (κ2) is 21.8.